The molecule has 0 aromatic heterocycles. The minimum atomic E-state index is 0.366. The molecule has 2 rings (SSSR count). The van der Waals surface area contributed by atoms with Crippen LogP contribution in [-0.2, 0) is 0 Å². The molecular weight excluding hydrogens is 138 g/mol. The molecule has 0 N–H and O–H groups in total. The van der Waals surface area contributed by atoms with Crippen LogP contribution in [0.5, 0.6) is 0 Å². The van der Waals surface area contributed by atoms with Crippen molar-refractivity contribution < 1.29 is 0 Å². The molecule has 0 aromatic carbocycles. The summed E-state index contributed by atoms with van der Waals surface area (Å²) in [6.45, 7) is 3.08. The lowest BCUT2D eigenvalue weighted by atomic mass is 10.1. The maximum atomic E-state index is 8.69. The first-order valence-corrected chi connectivity index (χ1v) is 3.80. The van der Waals surface area contributed by atoms with Gasteiger partial charge in [-0.05, 0) is 19.5 Å². The van der Waals surface area contributed by atoms with Gasteiger partial charge in [0.1, 0.15) is 6.17 Å². The average molecular weight is 149 g/mol. The molecule has 0 bridgehead atoms. The number of hydrogen-bond donors (Lipinski definition) is 0. The van der Waals surface area contributed by atoms with E-state index < -0.39 is 0 Å². The van der Waals surface area contributed by atoms with Crippen LogP contribution in [0.1, 0.15) is 6.92 Å². The highest BCUT2D eigenvalue weighted by Gasteiger charge is 2.52. The lowest BCUT2D eigenvalue weighted by molar-refractivity contribution is 0.313. The Hall–Kier alpha value is -1.01. The molecule has 0 saturated carbocycles. The van der Waals surface area contributed by atoms with Gasteiger partial charge in [-0.2, -0.15) is 5.26 Å². The smallest absolute Gasteiger partial charge is 0.181 e. The summed E-state index contributed by atoms with van der Waals surface area (Å²) < 4.78 is 0. The molecule has 2 unspecified atom stereocenters. The van der Waals surface area contributed by atoms with Gasteiger partial charge in [-0.15, -0.1) is 0 Å². The summed E-state index contributed by atoms with van der Waals surface area (Å²) in [5.41, 5.74) is 1.34. The number of rotatable bonds is 0. The molecule has 3 nitrogen and oxygen atoms in total. The van der Waals surface area contributed by atoms with Crippen molar-refractivity contribution in [3.05, 3.63) is 11.6 Å². The second kappa shape index (κ2) is 1.99. The Kier molecular flexibility index (Phi) is 1.21. The summed E-state index contributed by atoms with van der Waals surface area (Å²) in [4.78, 5) is 4.03. The van der Waals surface area contributed by atoms with Crippen LogP contribution < -0.4 is 0 Å². The zero-order chi connectivity index (χ0) is 8.01. The zero-order valence-electron chi connectivity index (χ0n) is 6.78. The summed E-state index contributed by atoms with van der Waals surface area (Å²) in [5.74, 6) is 0. The number of hydrogen-bond acceptors (Lipinski definition) is 3. The molecule has 0 amide bonds. The second-order valence-electron chi connectivity index (χ2n) is 3.25. The minimum Gasteiger partial charge on any atom is -0.281 e. The molecule has 2 heterocycles. The van der Waals surface area contributed by atoms with Crippen molar-refractivity contribution in [1.82, 2.24) is 9.80 Å². The van der Waals surface area contributed by atoms with E-state index in [2.05, 4.69) is 31.1 Å². The lowest BCUT2D eigenvalue weighted by Gasteiger charge is -2.16. The van der Waals surface area contributed by atoms with Gasteiger partial charge in [0.15, 0.2) is 6.19 Å². The molecule has 0 radical (unpaired) electrons. The van der Waals surface area contributed by atoms with Gasteiger partial charge < -0.3 is 0 Å². The number of nitrogens with zero attached hydrogens (tertiary/aromatic N) is 3. The largest absolute Gasteiger partial charge is 0.281 e. The number of fused-ring (bicyclic) bond motifs is 1. The van der Waals surface area contributed by atoms with Crippen LogP contribution in [0.3, 0.4) is 0 Å². The minimum absolute atomic E-state index is 0.366. The molecule has 1 fully saturated rings. The average Bonchev–Trinajstić information content (AvgIpc) is 2.72. The van der Waals surface area contributed by atoms with E-state index in [1.807, 2.05) is 4.90 Å². The van der Waals surface area contributed by atoms with Crippen LogP contribution in [-0.4, -0.2) is 35.6 Å². The van der Waals surface area contributed by atoms with E-state index in [4.69, 9.17) is 5.26 Å². The Bertz CT molecular complexity index is 251. The fourth-order valence-electron chi connectivity index (χ4n) is 1.76. The van der Waals surface area contributed by atoms with Crippen LogP contribution in [0.4, 0.5) is 0 Å². The molecule has 0 aliphatic carbocycles. The molecule has 2 aliphatic heterocycles. The van der Waals surface area contributed by atoms with Crippen LogP contribution in [0.25, 0.3) is 0 Å². The van der Waals surface area contributed by atoms with Gasteiger partial charge in [0.25, 0.3) is 0 Å². The standard InChI is InChI=1S/C8H11N3/c1-6-3-4-10(2)8-7(6)11(8)5-9/h3,7-8H,4H2,1-2H3. The summed E-state index contributed by atoms with van der Waals surface area (Å²) >= 11 is 0. The molecule has 1 saturated heterocycles. The van der Waals surface area contributed by atoms with Gasteiger partial charge in [0, 0.05) is 6.54 Å². The fraction of sp³-hybridized carbons (Fsp3) is 0.625. The Morgan fingerprint density at radius 3 is 3.00 bits per heavy atom. The Balaban J connectivity index is 2.22. The highest BCUT2D eigenvalue weighted by atomic mass is 15.5. The van der Waals surface area contributed by atoms with Crippen molar-refractivity contribution >= 4 is 0 Å². The fourth-order valence-corrected chi connectivity index (χ4v) is 1.76. The lowest BCUT2D eigenvalue weighted by Crippen LogP contribution is -2.28. The van der Waals surface area contributed by atoms with Gasteiger partial charge in [0.05, 0.1) is 6.04 Å². The van der Waals surface area contributed by atoms with Crippen molar-refractivity contribution in [2.75, 3.05) is 13.6 Å². The maximum absolute atomic E-state index is 8.69. The summed E-state index contributed by atoms with van der Waals surface area (Å²) in [5, 5.41) is 8.69. The first kappa shape index (κ1) is 6.68. The van der Waals surface area contributed by atoms with E-state index in [1.54, 1.807) is 0 Å². The van der Waals surface area contributed by atoms with Gasteiger partial charge >= 0.3 is 0 Å². The normalized spacial score (nSPS) is 35.7. The van der Waals surface area contributed by atoms with Crippen molar-refractivity contribution in [2.45, 2.75) is 19.1 Å². The molecule has 0 spiro atoms. The van der Waals surface area contributed by atoms with Crippen molar-refractivity contribution in [3.63, 3.8) is 0 Å². The molecule has 11 heavy (non-hydrogen) atoms. The summed E-state index contributed by atoms with van der Waals surface area (Å²) in [7, 11) is 2.05. The van der Waals surface area contributed by atoms with Gasteiger partial charge in [0.2, 0.25) is 0 Å². The SMILES string of the molecule is CC1=CCN(C)C2C1N2C#N. The molecule has 0 aromatic rings. The van der Waals surface area contributed by atoms with Crippen LogP contribution in [0.15, 0.2) is 11.6 Å². The van der Waals surface area contributed by atoms with Gasteiger partial charge in [-0.3, -0.25) is 9.80 Å². The van der Waals surface area contributed by atoms with E-state index in [1.165, 1.54) is 5.57 Å². The maximum Gasteiger partial charge on any atom is 0.181 e. The highest BCUT2D eigenvalue weighted by molar-refractivity contribution is 5.28. The van der Waals surface area contributed by atoms with E-state index in [0.29, 0.717) is 12.2 Å². The summed E-state index contributed by atoms with van der Waals surface area (Å²) in [6.07, 6.45) is 4.75. The Morgan fingerprint density at radius 2 is 2.45 bits per heavy atom. The predicted molar refractivity (Wildman–Crippen MR) is 41.4 cm³/mol. The Labute approximate surface area is 66.5 Å². The quantitative estimate of drug-likeness (QED) is 0.283. The zero-order valence-corrected chi connectivity index (χ0v) is 6.78. The van der Waals surface area contributed by atoms with E-state index in [9.17, 15) is 0 Å². The van der Waals surface area contributed by atoms with Crippen molar-refractivity contribution in [3.8, 4) is 6.19 Å². The monoisotopic (exact) mass is 149 g/mol. The molecule has 2 atom stereocenters. The molecular formula is C8H11N3. The van der Waals surface area contributed by atoms with E-state index in [0.717, 1.165) is 6.54 Å². The highest BCUT2D eigenvalue weighted by Crippen LogP contribution is 2.37. The third kappa shape index (κ3) is 0.763. The van der Waals surface area contributed by atoms with E-state index in [-0.39, 0.29) is 0 Å². The topological polar surface area (TPSA) is 30.0 Å². The number of nitriles is 1. The third-order valence-electron chi connectivity index (χ3n) is 2.51. The molecule has 2 aliphatic rings. The van der Waals surface area contributed by atoms with Crippen LogP contribution in [0.2, 0.25) is 0 Å². The Morgan fingerprint density at radius 1 is 1.73 bits per heavy atom. The second-order valence-corrected chi connectivity index (χ2v) is 3.25. The van der Waals surface area contributed by atoms with E-state index >= 15 is 0 Å². The van der Waals surface area contributed by atoms with Gasteiger partial charge in [-0.1, -0.05) is 6.08 Å². The molecule has 58 valence electrons. The first-order valence-electron chi connectivity index (χ1n) is 3.80. The number of likely N-dealkylation sites (N-methyl/N-ethyl adjacent to an activating group) is 1. The van der Waals surface area contributed by atoms with Gasteiger partial charge in [-0.25, -0.2) is 0 Å². The molecule has 3 heteroatoms. The van der Waals surface area contributed by atoms with Crippen molar-refractivity contribution in [1.29, 1.82) is 5.26 Å². The van der Waals surface area contributed by atoms with Crippen LogP contribution in [0, 0.1) is 11.5 Å². The van der Waals surface area contributed by atoms with Crippen molar-refractivity contribution in [2.24, 2.45) is 0 Å². The first-order chi connectivity index (χ1) is 5.25. The summed E-state index contributed by atoms with van der Waals surface area (Å²) in [6, 6.07) is 0.388. The predicted octanol–water partition coefficient (Wildman–Crippen LogP) is 0.369. The third-order valence-corrected chi connectivity index (χ3v) is 2.51. The van der Waals surface area contributed by atoms with Crippen LogP contribution >= 0.6 is 0 Å².